The molecule has 0 bridgehead atoms. The molecule has 0 aromatic heterocycles. The van der Waals surface area contributed by atoms with Gasteiger partial charge in [-0.1, -0.05) is 19.1 Å². The Labute approximate surface area is 110 Å². The summed E-state index contributed by atoms with van der Waals surface area (Å²) < 4.78 is 13.2. The zero-order chi connectivity index (χ0) is 14.3. The fourth-order valence-electron chi connectivity index (χ4n) is 1.38. The molecule has 0 aliphatic carbocycles. The SMILES string of the molecule is CCC(O)CCNC(=O)C(=O)Nc1ccccc1F. The zero-order valence-corrected chi connectivity index (χ0v) is 10.6. The van der Waals surface area contributed by atoms with Crippen molar-refractivity contribution in [1.82, 2.24) is 5.32 Å². The molecule has 0 saturated heterocycles. The second kappa shape index (κ2) is 7.48. The van der Waals surface area contributed by atoms with Crippen molar-refractivity contribution < 1.29 is 19.1 Å². The van der Waals surface area contributed by atoms with Crippen LogP contribution in [0.1, 0.15) is 19.8 Å². The van der Waals surface area contributed by atoms with Crippen molar-refractivity contribution in [3.05, 3.63) is 30.1 Å². The van der Waals surface area contributed by atoms with Crippen molar-refractivity contribution in [2.75, 3.05) is 11.9 Å². The second-order valence-corrected chi connectivity index (χ2v) is 4.04. The van der Waals surface area contributed by atoms with Crippen molar-refractivity contribution in [1.29, 1.82) is 0 Å². The topological polar surface area (TPSA) is 78.4 Å². The van der Waals surface area contributed by atoms with Crippen molar-refractivity contribution >= 4 is 17.5 Å². The number of nitrogens with one attached hydrogen (secondary N) is 2. The summed E-state index contributed by atoms with van der Waals surface area (Å²) in [6.45, 7) is 2.01. The normalized spacial score (nSPS) is 11.7. The van der Waals surface area contributed by atoms with Crippen LogP contribution in [0, 0.1) is 5.82 Å². The summed E-state index contributed by atoms with van der Waals surface area (Å²) in [6, 6.07) is 5.58. The third-order valence-electron chi connectivity index (χ3n) is 2.56. The van der Waals surface area contributed by atoms with Gasteiger partial charge in [-0.05, 0) is 25.0 Å². The van der Waals surface area contributed by atoms with Crippen molar-refractivity contribution in [2.45, 2.75) is 25.9 Å². The highest BCUT2D eigenvalue weighted by molar-refractivity contribution is 6.39. The van der Waals surface area contributed by atoms with Crippen LogP contribution in [0.25, 0.3) is 0 Å². The van der Waals surface area contributed by atoms with E-state index in [-0.39, 0.29) is 12.2 Å². The molecule has 1 atom stereocenters. The van der Waals surface area contributed by atoms with E-state index >= 15 is 0 Å². The van der Waals surface area contributed by atoms with Crippen LogP contribution in [-0.2, 0) is 9.59 Å². The average Bonchev–Trinajstić information content (AvgIpc) is 2.40. The molecular weight excluding hydrogens is 251 g/mol. The first-order valence-corrected chi connectivity index (χ1v) is 6.06. The van der Waals surface area contributed by atoms with E-state index in [4.69, 9.17) is 0 Å². The monoisotopic (exact) mass is 268 g/mol. The lowest BCUT2D eigenvalue weighted by Crippen LogP contribution is -2.37. The van der Waals surface area contributed by atoms with Crippen molar-refractivity contribution in [3.8, 4) is 0 Å². The summed E-state index contributed by atoms with van der Waals surface area (Å²) in [5.41, 5.74) is -0.0451. The first-order chi connectivity index (χ1) is 9.04. The van der Waals surface area contributed by atoms with Gasteiger partial charge in [0.1, 0.15) is 5.82 Å². The Hall–Kier alpha value is -1.95. The number of carbonyl (C=O) groups excluding carboxylic acids is 2. The van der Waals surface area contributed by atoms with Gasteiger partial charge in [0, 0.05) is 6.54 Å². The second-order valence-electron chi connectivity index (χ2n) is 4.04. The Balaban J connectivity index is 2.41. The number of aliphatic hydroxyl groups excluding tert-OH is 1. The standard InChI is InChI=1S/C13H17FN2O3/c1-2-9(17)7-8-15-12(18)13(19)16-11-6-4-3-5-10(11)14/h3-6,9,17H,2,7-8H2,1H3,(H,15,18)(H,16,19). The minimum absolute atomic E-state index is 0.0451. The Morgan fingerprint density at radius 2 is 2.00 bits per heavy atom. The molecule has 0 aliphatic rings. The van der Waals surface area contributed by atoms with Crippen LogP contribution in [-0.4, -0.2) is 29.6 Å². The molecule has 3 N–H and O–H groups in total. The third kappa shape index (κ3) is 5.05. The maximum Gasteiger partial charge on any atom is 0.313 e. The molecule has 0 radical (unpaired) electrons. The van der Waals surface area contributed by atoms with Crippen LogP contribution in [0.5, 0.6) is 0 Å². The lowest BCUT2D eigenvalue weighted by molar-refractivity contribution is -0.136. The highest BCUT2D eigenvalue weighted by Gasteiger charge is 2.15. The largest absolute Gasteiger partial charge is 0.393 e. The molecule has 1 unspecified atom stereocenters. The fraction of sp³-hybridized carbons (Fsp3) is 0.385. The highest BCUT2D eigenvalue weighted by atomic mass is 19.1. The fourth-order valence-corrected chi connectivity index (χ4v) is 1.38. The number of halogens is 1. The summed E-state index contributed by atoms with van der Waals surface area (Å²) in [5, 5.41) is 13.8. The highest BCUT2D eigenvalue weighted by Crippen LogP contribution is 2.11. The molecule has 5 nitrogen and oxygen atoms in total. The molecule has 0 saturated carbocycles. The Morgan fingerprint density at radius 3 is 2.63 bits per heavy atom. The number of aliphatic hydroxyl groups is 1. The Bertz CT molecular complexity index is 451. The summed E-state index contributed by atoms with van der Waals surface area (Å²) in [6.07, 6.45) is 0.446. The maximum absolute atomic E-state index is 13.2. The maximum atomic E-state index is 13.2. The summed E-state index contributed by atoms with van der Waals surface area (Å²) in [7, 11) is 0. The molecule has 0 aliphatic heterocycles. The smallest absolute Gasteiger partial charge is 0.313 e. The van der Waals surface area contributed by atoms with Gasteiger partial charge in [-0.25, -0.2) is 4.39 Å². The number of benzene rings is 1. The van der Waals surface area contributed by atoms with Crippen molar-refractivity contribution in [3.63, 3.8) is 0 Å². The first kappa shape index (κ1) is 15.1. The molecule has 2 amide bonds. The van der Waals surface area contributed by atoms with Gasteiger partial charge in [0.15, 0.2) is 0 Å². The average molecular weight is 268 g/mol. The summed E-state index contributed by atoms with van der Waals surface area (Å²) >= 11 is 0. The van der Waals surface area contributed by atoms with E-state index in [2.05, 4.69) is 10.6 Å². The Morgan fingerprint density at radius 1 is 1.32 bits per heavy atom. The van der Waals surface area contributed by atoms with E-state index in [1.807, 2.05) is 6.92 Å². The lowest BCUT2D eigenvalue weighted by atomic mass is 10.2. The van der Waals surface area contributed by atoms with Crippen LogP contribution >= 0.6 is 0 Å². The summed E-state index contributed by atoms with van der Waals surface area (Å²) in [4.78, 5) is 22.9. The van der Waals surface area contributed by atoms with Gasteiger partial charge in [-0.3, -0.25) is 9.59 Å². The predicted octanol–water partition coefficient (Wildman–Crippen LogP) is 1.04. The van der Waals surface area contributed by atoms with Crippen LogP contribution < -0.4 is 10.6 Å². The van der Waals surface area contributed by atoms with Crippen LogP contribution in [0.3, 0.4) is 0 Å². The first-order valence-electron chi connectivity index (χ1n) is 6.06. The molecular formula is C13H17FN2O3. The van der Waals surface area contributed by atoms with Gasteiger partial charge in [0.25, 0.3) is 0 Å². The van der Waals surface area contributed by atoms with Crippen LogP contribution in [0.2, 0.25) is 0 Å². The minimum Gasteiger partial charge on any atom is -0.393 e. The minimum atomic E-state index is -0.934. The number of hydrogen-bond acceptors (Lipinski definition) is 3. The molecule has 1 rings (SSSR count). The number of anilines is 1. The van der Waals surface area contributed by atoms with E-state index in [1.165, 1.54) is 18.2 Å². The van der Waals surface area contributed by atoms with E-state index in [1.54, 1.807) is 6.07 Å². The van der Waals surface area contributed by atoms with Gasteiger partial charge < -0.3 is 15.7 Å². The Kier molecular flexibility index (Phi) is 5.95. The van der Waals surface area contributed by atoms with Gasteiger partial charge in [0.05, 0.1) is 11.8 Å². The molecule has 1 aromatic carbocycles. The number of hydrogen-bond donors (Lipinski definition) is 3. The number of rotatable bonds is 5. The van der Waals surface area contributed by atoms with Gasteiger partial charge in [0.2, 0.25) is 0 Å². The quantitative estimate of drug-likeness (QED) is 0.698. The van der Waals surface area contributed by atoms with E-state index < -0.39 is 23.7 Å². The van der Waals surface area contributed by atoms with Crippen molar-refractivity contribution in [2.24, 2.45) is 0 Å². The van der Waals surface area contributed by atoms with Gasteiger partial charge >= 0.3 is 11.8 Å². The molecule has 1 aromatic rings. The van der Waals surface area contributed by atoms with E-state index in [9.17, 15) is 19.1 Å². The summed E-state index contributed by atoms with van der Waals surface area (Å²) in [5.74, 6) is -2.40. The predicted molar refractivity (Wildman–Crippen MR) is 69.0 cm³/mol. The van der Waals surface area contributed by atoms with Gasteiger partial charge in [-0.15, -0.1) is 0 Å². The van der Waals surface area contributed by atoms with Crippen LogP contribution in [0.4, 0.5) is 10.1 Å². The number of amides is 2. The molecule has 0 spiro atoms. The van der Waals surface area contributed by atoms with Gasteiger partial charge in [-0.2, -0.15) is 0 Å². The molecule has 19 heavy (non-hydrogen) atoms. The lowest BCUT2D eigenvalue weighted by Gasteiger charge is -2.09. The molecule has 104 valence electrons. The zero-order valence-electron chi connectivity index (χ0n) is 10.6. The molecule has 0 heterocycles. The number of carbonyl (C=O) groups is 2. The van der Waals surface area contributed by atoms with Crippen LogP contribution in [0.15, 0.2) is 24.3 Å². The van der Waals surface area contributed by atoms with E-state index in [0.717, 1.165) is 0 Å². The third-order valence-corrected chi connectivity index (χ3v) is 2.56. The van der Waals surface area contributed by atoms with E-state index in [0.29, 0.717) is 12.8 Å². The molecule has 6 heteroatoms. The number of para-hydroxylation sites is 1. The molecule has 0 fully saturated rings.